The highest BCUT2D eigenvalue weighted by atomic mass is 19.3. The van der Waals surface area contributed by atoms with Crippen molar-refractivity contribution in [2.75, 3.05) is 6.61 Å². The molecular formula is C20H19F2N3O3. The molecule has 6 nitrogen and oxygen atoms in total. The lowest BCUT2D eigenvalue weighted by Crippen LogP contribution is -2.48. The third-order valence-electron chi connectivity index (χ3n) is 4.77. The Morgan fingerprint density at radius 2 is 2.07 bits per heavy atom. The first-order valence-corrected chi connectivity index (χ1v) is 8.83. The summed E-state index contributed by atoms with van der Waals surface area (Å²) in [6.07, 6.45) is -0.402. The van der Waals surface area contributed by atoms with Gasteiger partial charge in [0, 0.05) is 36.6 Å². The summed E-state index contributed by atoms with van der Waals surface area (Å²) in [5, 5.41) is 20.0. The maximum atomic E-state index is 13.7. The van der Waals surface area contributed by atoms with E-state index in [0.717, 1.165) is 5.56 Å². The molecule has 0 radical (unpaired) electrons. The van der Waals surface area contributed by atoms with Gasteiger partial charge in [-0.1, -0.05) is 0 Å². The van der Waals surface area contributed by atoms with Gasteiger partial charge >= 0.3 is 6.09 Å². The zero-order valence-electron chi connectivity index (χ0n) is 14.9. The van der Waals surface area contributed by atoms with Crippen molar-refractivity contribution >= 4 is 6.09 Å². The first kappa shape index (κ1) is 19.5. The molecule has 1 saturated carbocycles. The van der Waals surface area contributed by atoms with Gasteiger partial charge in [-0.05, 0) is 42.8 Å². The van der Waals surface area contributed by atoms with Gasteiger partial charge < -0.3 is 15.2 Å². The molecule has 1 aromatic heterocycles. The molecule has 3 rings (SSSR count). The lowest BCUT2D eigenvalue weighted by molar-refractivity contribution is -0.0677. The number of nitrogens with zero attached hydrogens (tertiary/aromatic N) is 2. The molecule has 1 aliphatic rings. The smallest absolute Gasteiger partial charge is 0.404 e. The number of carbonyl (C=O) groups is 1. The molecule has 1 aliphatic carbocycles. The Kier molecular flexibility index (Phi) is 5.73. The normalized spacial score (nSPS) is 20.8. The maximum Gasteiger partial charge on any atom is 0.404 e. The minimum Gasteiger partial charge on any atom is -0.493 e. The molecule has 0 saturated heterocycles. The van der Waals surface area contributed by atoms with E-state index < -0.39 is 30.4 Å². The number of aromatic nitrogens is 1. The number of hydrogen-bond donors (Lipinski definition) is 2. The molecule has 0 bridgehead atoms. The van der Waals surface area contributed by atoms with Crippen LogP contribution >= 0.6 is 0 Å². The molecular weight excluding hydrogens is 368 g/mol. The van der Waals surface area contributed by atoms with Crippen molar-refractivity contribution in [3.8, 4) is 23.1 Å². The Bertz CT molecular complexity index is 864. The second kappa shape index (κ2) is 8.21. The molecule has 2 N–H and O–H groups in total. The molecule has 2 atom stereocenters. The number of alkyl halides is 2. The van der Waals surface area contributed by atoms with E-state index in [1.165, 1.54) is 6.20 Å². The molecule has 1 heterocycles. The predicted octanol–water partition coefficient (Wildman–Crippen LogP) is 4.07. The summed E-state index contributed by atoms with van der Waals surface area (Å²) in [4.78, 5) is 15.1. The fraction of sp³-hybridized carbons (Fsp3) is 0.350. The number of amides is 1. The number of rotatable bonds is 5. The number of halogens is 2. The zero-order chi connectivity index (χ0) is 20.1. The monoisotopic (exact) mass is 387 g/mol. The molecule has 2 aromatic rings. The van der Waals surface area contributed by atoms with Crippen molar-refractivity contribution in [1.29, 1.82) is 5.26 Å². The van der Waals surface area contributed by atoms with Gasteiger partial charge in [-0.15, -0.1) is 0 Å². The number of benzene rings is 1. The highest BCUT2D eigenvalue weighted by Crippen LogP contribution is 2.37. The van der Waals surface area contributed by atoms with Crippen molar-refractivity contribution in [3.63, 3.8) is 0 Å². The van der Waals surface area contributed by atoms with E-state index >= 15 is 0 Å². The quantitative estimate of drug-likeness (QED) is 0.806. The van der Waals surface area contributed by atoms with Gasteiger partial charge in [0.2, 0.25) is 5.92 Å². The number of carboxylic acid groups (broad SMARTS) is 1. The Balaban J connectivity index is 1.64. The summed E-state index contributed by atoms with van der Waals surface area (Å²) < 4.78 is 33.1. The molecule has 1 fully saturated rings. The van der Waals surface area contributed by atoms with Crippen LogP contribution in [0.2, 0.25) is 0 Å². The second-order valence-corrected chi connectivity index (χ2v) is 6.79. The van der Waals surface area contributed by atoms with Crippen molar-refractivity contribution in [1.82, 2.24) is 10.3 Å². The van der Waals surface area contributed by atoms with Crippen LogP contribution in [0, 0.1) is 17.2 Å². The van der Waals surface area contributed by atoms with Crippen LogP contribution in [0.25, 0.3) is 11.3 Å². The predicted molar refractivity (Wildman–Crippen MR) is 97.1 cm³/mol. The van der Waals surface area contributed by atoms with Crippen molar-refractivity contribution in [2.24, 2.45) is 5.92 Å². The Labute approximate surface area is 160 Å². The molecule has 0 spiro atoms. The van der Waals surface area contributed by atoms with Crippen LogP contribution in [-0.4, -0.2) is 34.8 Å². The van der Waals surface area contributed by atoms with Crippen molar-refractivity contribution < 1.29 is 23.4 Å². The van der Waals surface area contributed by atoms with Gasteiger partial charge in [0.05, 0.1) is 17.9 Å². The van der Waals surface area contributed by atoms with Crippen molar-refractivity contribution in [2.45, 2.75) is 31.2 Å². The van der Waals surface area contributed by atoms with Crippen LogP contribution in [-0.2, 0) is 0 Å². The third-order valence-corrected chi connectivity index (χ3v) is 4.77. The summed E-state index contributed by atoms with van der Waals surface area (Å²) in [6, 6.07) is 11.8. The van der Waals surface area contributed by atoms with E-state index in [2.05, 4.69) is 10.3 Å². The summed E-state index contributed by atoms with van der Waals surface area (Å²) in [5.74, 6) is -2.92. The number of ether oxygens (including phenoxy) is 1. The minimum atomic E-state index is -2.81. The summed E-state index contributed by atoms with van der Waals surface area (Å²) >= 11 is 0. The van der Waals surface area contributed by atoms with E-state index in [0.29, 0.717) is 17.0 Å². The van der Waals surface area contributed by atoms with Crippen LogP contribution in [0.15, 0.2) is 42.6 Å². The average Bonchev–Trinajstić information content (AvgIpc) is 2.68. The molecule has 146 valence electrons. The van der Waals surface area contributed by atoms with E-state index in [-0.39, 0.29) is 19.4 Å². The summed E-state index contributed by atoms with van der Waals surface area (Å²) in [6.45, 7) is -0.00496. The second-order valence-electron chi connectivity index (χ2n) is 6.79. The highest BCUT2D eigenvalue weighted by molar-refractivity contribution is 5.65. The standard InChI is InChI=1S/C20H19F2N3O3/c21-20(22)8-7-18(25-19(26)27)15(9-20)12-28-16-4-2-14(3-5-16)17-6-1-13(10-23)11-24-17/h1-6,11,15,18,25H,7-9,12H2,(H,26,27). The maximum absolute atomic E-state index is 13.7. The van der Waals surface area contributed by atoms with E-state index in [1.807, 2.05) is 6.07 Å². The van der Waals surface area contributed by atoms with Gasteiger partial charge in [0.15, 0.2) is 0 Å². The fourth-order valence-electron chi connectivity index (χ4n) is 3.31. The van der Waals surface area contributed by atoms with Crippen LogP contribution in [0.3, 0.4) is 0 Å². The summed E-state index contributed by atoms with van der Waals surface area (Å²) in [7, 11) is 0. The lowest BCUT2D eigenvalue weighted by atomic mass is 9.82. The molecule has 1 amide bonds. The largest absolute Gasteiger partial charge is 0.493 e. The molecule has 0 aliphatic heterocycles. The highest BCUT2D eigenvalue weighted by Gasteiger charge is 2.42. The Hall–Kier alpha value is -3.21. The molecule has 1 aromatic carbocycles. The first-order chi connectivity index (χ1) is 13.4. The van der Waals surface area contributed by atoms with Gasteiger partial charge in [0.1, 0.15) is 11.8 Å². The summed E-state index contributed by atoms with van der Waals surface area (Å²) in [5.41, 5.74) is 1.99. The van der Waals surface area contributed by atoms with Crippen LogP contribution in [0.1, 0.15) is 24.8 Å². The fourth-order valence-corrected chi connectivity index (χ4v) is 3.31. The number of nitrogens with one attached hydrogen (secondary N) is 1. The lowest BCUT2D eigenvalue weighted by Gasteiger charge is -2.35. The van der Waals surface area contributed by atoms with Crippen LogP contribution in [0.5, 0.6) is 5.75 Å². The number of nitriles is 1. The first-order valence-electron chi connectivity index (χ1n) is 8.83. The SMILES string of the molecule is N#Cc1ccc(-c2ccc(OCC3CC(F)(F)CCC3NC(=O)O)cc2)nc1. The Morgan fingerprint density at radius 3 is 2.68 bits per heavy atom. The van der Waals surface area contributed by atoms with Gasteiger partial charge in [0.25, 0.3) is 0 Å². The number of hydrogen-bond acceptors (Lipinski definition) is 4. The van der Waals surface area contributed by atoms with Gasteiger partial charge in [-0.25, -0.2) is 13.6 Å². The van der Waals surface area contributed by atoms with E-state index in [1.54, 1.807) is 36.4 Å². The Morgan fingerprint density at radius 1 is 1.32 bits per heavy atom. The minimum absolute atomic E-state index is 0.00496. The van der Waals surface area contributed by atoms with Gasteiger partial charge in [-0.2, -0.15) is 5.26 Å². The van der Waals surface area contributed by atoms with Gasteiger partial charge in [-0.3, -0.25) is 4.98 Å². The molecule has 2 unspecified atom stereocenters. The third kappa shape index (κ3) is 4.94. The molecule has 28 heavy (non-hydrogen) atoms. The molecule has 8 heteroatoms. The van der Waals surface area contributed by atoms with E-state index in [9.17, 15) is 13.6 Å². The van der Waals surface area contributed by atoms with Crippen molar-refractivity contribution in [3.05, 3.63) is 48.2 Å². The van der Waals surface area contributed by atoms with Crippen LogP contribution < -0.4 is 10.1 Å². The van der Waals surface area contributed by atoms with Crippen LogP contribution in [0.4, 0.5) is 13.6 Å². The zero-order valence-corrected chi connectivity index (χ0v) is 14.9. The topological polar surface area (TPSA) is 95.2 Å². The van der Waals surface area contributed by atoms with E-state index in [4.69, 9.17) is 15.1 Å². The average molecular weight is 387 g/mol. The number of pyridine rings is 1.